The van der Waals surface area contributed by atoms with Crippen molar-refractivity contribution in [1.82, 2.24) is 9.13 Å². The summed E-state index contributed by atoms with van der Waals surface area (Å²) in [5, 5.41) is 2.51. The number of rotatable bonds is 11. The number of anilines is 1. The molecule has 1 aliphatic carbocycles. The van der Waals surface area contributed by atoms with E-state index in [2.05, 4.69) is 269 Å². The molecule has 0 bridgehead atoms. The molecule has 0 saturated heterocycles. The van der Waals surface area contributed by atoms with Gasteiger partial charge in [-0.3, -0.25) is 0 Å². The summed E-state index contributed by atoms with van der Waals surface area (Å²) in [5.41, 5.74) is 18.1. The Kier molecular flexibility index (Phi) is 19.0. The maximum Gasteiger partial charge on any atom is 0.0528 e. The van der Waals surface area contributed by atoms with E-state index < -0.39 is 0 Å². The number of hydrogen-bond donors (Lipinski definition) is 0. The van der Waals surface area contributed by atoms with Crippen molar-refractivity contribution in [2.45, 2.75) is 92.9 Å². The van der Waals surface area contributed by atoms with Crippen molar-refractivity contribution in [3.8, 4) is 22.5 Å². The van der Waals surface area contributed by atoms with E-state index in [1.807, 2.05) is 34.6 Å². The Morgan fingerprint density at radius 1 is 0.507 bits per heavy atom. The van der Waals surface area contributed by atoms with E-state index in [1.165, 1.54) is 95.4 Å². The van der Waals surface area contributed by atoms with Gasteiger partial charge in [-0.2, -0.15) is 0 Å². The van der Waals surface area contributed by atoms with E-state index >= 15 is 0 Å². The minimum absolute atomic E-state index is 0.000733. The normalized spacial score (nSPS) is 12.3. The van der Waals surface area contributed by atoms with Crippen molar-refractivity contribution < 1.29 is 0 Å². The first-order chi connectivity index (χ1) is 34.7. The van der Waals surface area contributed by atoms with Crippen LogP contribution in [0.1, 0.15) is 126 Å². The molecule has 3 heteroatoms. The molecular formula is C68H77N3. The van der Waals surface area contributed by atoms with Crippen molar-refractivity contribution in [2.75, 3.05) is 19.0 Å². The lowest BCUT2D eigenvalue weighted by atomic mass is 9.73. The molecule has 364 valence electrons. The Morgan fingerprint density at radius 3 is 1.30 bits per heavy atom. The maximum absolute atomic E-state index is 3.36. The van der Waals surface area contributed by atoms with Crippen LogP contribution in [-0.4, -0.2) is 23.2 Å². The standard InChI is InChI=1S/C49H40N2.C12H19N.C3H6.2C2H6/c1-3-49(4-2)45-33-37(15-13-35-17-23-41(24-18-35)50-31-29-39-9-5-7-11-47(39)50)21-27-43(45)44-28-22-38(34-46(44)49)16-14-36-19-25-42(26-20-36)51-32-30-40-10-6-8-12-48(40)51;1-5-10(2)11-8-6-7-9-12(11)13(3)4;1-3-2;2*1-2/h5-34H,3-4H2,1-2H3;6-10H,5H2,1-4H3;3H,1H2,2H3;2*1-2H3/b15-13+,16-14+;;;;. The van der Waals surface area contributed by atoms with Crippen LogP contribution in [0.2, 0.25) is 0 Å². The zero-order chi connectivity index (χ0) is 50.9. The second-order valence-corrected chi connectivity index (χ2v) is 17.9. The number of fused-ring (bicyclic) bond motifs is 5. The van der Waals surface area contributed by atoms with Gasteiger partial charge in [-0.15, -0.1) is 6.58 Å². The molecule has 1 unspecified atom stereocenters. The van der Waals surface area contributed by atoms with Crippen LogP contribution >= 0.6 is 0 Å². The lowest BCUT2D eigenvalue weighted by Gasteiger charge is -2.30. The Morgan fingerprint density at radius 2 is 0.887 bits per heavy atom. The zero-order valence-electron chi connectivity index (χ0n) is 44.5. The van der Waals surface area contributed by atoms with Crippen LogP contribution in [0, 0.1) is 0 Å². The van der Waals surface area contributed by atoms with Gasteiger partial charge in [0.15, 0.2) is 0 Å². The second-order valence-electron chi connectivity index (χ2n) is 17.9. The van der Waals surface area contributed by atoms with E-state index in [-0.39, 0.29) is 5.41 Å². The first kappa shape index (κ1) is 53.0. The van der Waals surface area contributed by atoms with Gasteiger partial charge in [0.1, 0.15) is 0 Å². The van der Waals surface area contributed by atoms with Crippen LogP contribution in [-0.2, 0) is 5.41 Å². The molecule has 0 fully saturated rings. The molecule has 7 aromatic carbocycles. The third-order valence-corrected chi connectivity index (χ3v) is 13.7. The first-order valence-corrected chi connectivity index (χ1v) is 26.0. The van der Waals surface area contributed by atoms with Crippen LogP contribution in [0.25, 0.3) is 68.6 Å². The van der Waals surface area contributed by atoms with Crippen LogP contribution < -0.4 is 4.90 Å². The molecule has 0 saturated carbocycles. The fourth-order valence-corrected chi connectivity index (χ4v) is 9.77. The van der Waals surface area contributed by atoms with Gasteiger partial charge in [-0.05, 0) is 148 Å². The highest BCUT2D eigenvalue weighted by Crippen LogP contribution is 2.53. The molecule has 0 aliphatic heterocycles. The summed E-state index contributed by atoms with van der Waals surface area (Å²) >= 11 is 0. The predicted molar refractivity (Wildman–Crippen MR) is 316 cm³/mol. The van der Waals surface area contributed by atoms with Gasteiger partial charge in [0.25, 0.3) is 0 Å². The van der Waals surface area contributed by atoms with Gasteiger partial charge < -0.3 is 14.0 Å². The lowest BCUT2D eigenvalue weighted by molar-refractivity contribution is 0.490. The monoisotopic (exact) mass is 936 g/mol. The van der Waals surface area contributed by atoms with E-state index in [4.69, 9.17) is 0 Å². The average Bonchev–Trinajstić information content (AvgIpc) is 4.14. The Labute approximate surface area is 427 Å². The molecule has 71 heavy (non-hydrogen) atoms. The summed E-state index contributed by atoms with van der Waals surface area (Å²) in [7, 11) is 4.20. The number of aromatic nitrogens is 2. The molecule has 0 amide bonds. The number of nitrogens with zero attached hydrogens (tertiary/aromatic N) is 3. The van der Waals surface area contributed by atoms with Gasteiger partial charge in [-0.25, -0.2) is 0 Å². The zero-order valence-corrected chi connectivity index (χ0v) is 44.5. The van der Waals surface area contributed by atoms with Gasteiger partial charge in [0.05, 0.1) is 11.0 Å². The largest absolute Gasteiger partial charge is 0.377 e. The Balaban J connectivity index is 0.000000351. The average molecular weight is 936 g/mol. The lowest BCUT2D eigenvalue weighted by Crippen LogP contribution is -2.23. The van der Waals surface area contributed by atoms with Crippen molar-refractivity contribution in [2.24, 2.45) is 0 Å². The highest BCUT2D eigenvalue weighted by Gasteiger charge is 2.40. The van der Waals surface area contributed by atoms with E-state index in [0.29, 0.717) is 5.92 Å². The van der Waals surface area contributed by atoms with Crippen molar-refractivity contribution in [3.05, 3.63) is 234 Å². The molecule has 1 atom stereocenters. The van der Waals surface area contributed by atoms with Gasteiger partial charge in [0.2, 0.25) is 0 Å². The van der Waals surface area contributed by atoms with Gasteiger partial charge >= 0.3 is 0 Å². The molecule has 0 spiro atoms. The van der Waals surface area contributed by atoms with E-state index in [9.17, 15) is 0 Å². The predicted octanol–water partition coefficient (Wildman–Crippen LogP) is 19.5. The maximum atomic E-state index is 3.36. The minimum atomic E-state index is 0.000733. The van der Waals surface area contributed by atoms with Crippen molar-refractivity contribution >= 4 is 51.8 Å². The van der Waals surface area contributed by atoms with Gasteiger partial charge in [0, 0.05) is 49.0 Å². The van der Waals surface area contributed by atoms with Crippen LogP contribution in [0.15, 0.2) is 195 Å². The summed E-state index contributed by atoms with van der Waals surface area (Å²) in [6.45, 7) is 22.5. The highest BCUT2D eigenvalue weighted by atomic mass is 15.1. The van der Waals surface area contributed by atoms with Crippen molar-refractivity contribution in [3.63, 3.8) is 0 Å². The number of para-hydroxylation sites is 3. The number of benzene rings is 7. The summed E-state index contributed by atoms with van der Waals surface area (Å²) in [6.07, 6.45) is 18.4. The molecule has 0 N–H and O–H groups in total. The fourth-order valence-electron chi connectivity index (χ4n) is 9.77. The SMILES string of the molecule is C=CC.CC.CC.CCC(C)c1ccccc1N(C)C.CCC1(CC)c2cc(/C=C/c3ccc(-n4ccc5ccccc54)cc3)ccc2-c2ccc(/C=C/c3ccc(-n4ccc5ccccc54)cc3)cc21. The third-order valence-electron chi connectivity index (χ3n) is 13.7. The quantitative estimate of drug-likeness (QED) is 0.0930. The van der Waals surface area contributed by atoms with Crippen LogP contribution in [0.3, 0.4) is 0 Å². The van der Waals surface area contributed by atoms with Gasteiger partial charge in [-0.1, -0.05) is 201 Å². The van der Waals surface area contributed by atoms with Crippen LogP contribution in [0.5, 0.6) is 0 Å². The Hall–Kier alpha value is -7.36. The molecule has 9 aromatic rings. The molecule has 2 aromatic heterocycles. The second kappa shape index (κ2) is 25.5. The van der Waals surface area contributed by atoms with Crippen molar-refractivity contribution in [1.29, 1.82) is 0 Å². The molecule has 3 nitrogen and oxygen atoms in total. The summed E-state index contributed by atoms with van der Waals surface area (Å²) in [5.74, 6) is 0.651. The number of allylic oxidation sites excluding steroid dienone is 1. The van der Waals surface area contributed by atoms with E-state index in [1.54, 1.807) is 6.08 Å². The summed E-state index contributed by atoms with van der Waals surface area (Å²) in [4.78, 5) is 2.18. The molecule has 1 aliphatic rings. The molecule has 2 heterocycles. The fraction of sp³-hybridized carbons (Fsp3) is 0.235. The molecular weight excluding hydrogens is 859 g/mol. The minimum Gasteiger partial charge on any atom is -0.377 e. The topological polar surface area (TPSA) is 13.1 Å². The summed E-state index contributed by atoms with van der Waals surface area (Å²) < 4.78 is 4.50. The number of hydrogen-bond acceptors (Lipinski definition) is 1. The highest BCUT2D eigenvalue weighted by molar-refractivity contribution is 5.86. The molecule has 0 radical (unpaired) electrons. The smallest absolute Gasteiger partial charge is 0.0528 e. The first-order valence-electron chi connectivity index (χ1n) is 26.0. The third kappa shape index (κ3) is 11.8. The molecule has 10 rings (SSSR count). The summed E-state index contributed by atoms with van der Waals surface area (Å²) in [6, 6.07) is 61.8. The van der Waals surface area contributed by atoms with Crippen LogP contribution in [0.4, 0.5) is 5.69 Å². The van der Waals surface area contributed by atoms with E-state index in [0.717, 1.165) is 12.8 Å². The Bertz CT molecular complexity index is 2970.